The number of amides is 10. The number of aliphatic hydroxyl groups excluding tert-OH is 4. The van der Waals surface area contributed by atoms with E-state index in [0.717, 1.165) is 17.1 Å². The number of hydrogen-bond donors (Lipinski definition) is 13. The summed E-state index contributed by atoms with van der Waals surface area (Å²) in [5.41, 5.74) is 0.967. The van der Waals surface area contributed by atoms with E-state index in [1.54, 1.807) is 37.3 Å². The molecule has 5 aliphatic rings. The first kappa shape index (κ1) is 69.9. The number of aliphatic hydroxyl groups is 5. The predicted octanol–water partition coefficient (Wildman–Crippen LogP) is -3.80. The number of carbonyl (C=O) groups is 11. The molecule has 1 aliphatic carbocycles. The summed E-state index contributed by atoms with van der Waals surface area (Å²) in [5, 5.41) is 72.1. The van der Waals surface area contributed by atoms with E-state index in [9.17, 15) is 83.1 Å². The molecule has 4 aliphatic heterocycles. The quantitative estimate of drug-likeness (QED) is 0.00907. The molecule has 0 spiro atoms. The number of hydrogen-bond acceptors (Lipinski definition) is 21. The summed E-state index contributed by atoms with van der Waals surface area (Å²) in [4.78, 5) is 162. The topological polar surface area (TPSA) is 451 Å². The fraction of sp³-hybridized carbons (Fsp3) is 0.476. The lowest BCUT2D eigenvalue weighted by Crippen LogP contribution is -2.60. The van der Waals surface area contributed by atoms with Crippen molar-refractivity contribution in [3.8, 4) is 11.4 Å². The molecule has 4 aromatic rings. The van der Waals surface area contributed by atoms with Gasteiger partial charge >= 0.3 is 5.97 Å². The Morgan fingerprint density at radius 3 is 2.16 bits per heavy atom. The summed E-state index contributed by atoms with van der Waals surface area (Å²) in [6.07, 6.45) is -4.31. The molecule has 32 heteroatoms. The maximum absolute atomic E-state index is 15.0. The largest absolute Gasteiger partial charge is 0.458 e. The van der Waals surface area contributed by atoms with Crippen LogP contribution in [-0.2, 0) is 98.5 Å². The lowest BCUT2D eigenvalue weighted by atomic mass is 9.83. The fourth-order valence-corrected chi connectivity index (χ4v) is 12.0. The van der Waals surface area contributed by atoms with Crippen LogP contribution in [0.5, 0.6) is 0 Å². The summed E-state index contributed by atoms with van der Waals surface area (Å²) in [7, 11) is 0. The van der Waals surface area contributed by atoms with Crippen molar-refractivity contribution in [2.75, 3.05) is 52.7 Å². The summed E-state index contributed by atoms with van der Waals surface area (Å²) < 4.78 is 32.6. The van der Waals surface area contributed by atoms with Crippen LogP contribution in [0.15, 0.2) is 65.5 Å². The van der Waals surface area contributed by atoms with Crippen LogP contribution < -0.4 is 48.1 Å². The zero-order valence-corrected chi connectivity index (χ0v) is 51.6. The van der Waals surface area contributed by atoms with Gasteiger partial charge in [0.25, 0.3) is 17.4 Å². The highest BCUT2D eigenvalue weighted by molar-refractivity contribution is 6.12. The molecule has 13 N–H and O–H groups in total. The number of aryl methyl sites for hydroxylation is 1. The smallest absolute Gasteiger partial charge is 0.343 e. The number of nitrogens with zero attached hydrogens (tertiary/aromatic N) is 3. The lowest BCUT2D eigenvalue weighted by Gasteiger charge is -2.40. The van der Waals surface area contributed by atoms with Crippen molar-refractivity contribution < 1.29 is 96.9 Å². The lowest BCUT2D eigenvalue weighted by molar-refractivity contribution is -0.227. The third-order valence-electron chi connectivity index (χ3n) is 17.1. The van der Waals surface area contributed by atoms with Crippen molar-refractivity contribution in [3.05, 3.63) is 110 Å². The molecule has 0 radical (unpaired) electrons. The normalized spacial score (nSPS) is 21.3. The van der Waals surface area contributed by atoms with Crippen LogP contribution in [0.2, 0.25) is 0 Å². The van der Waals surface area contributed by atoms with Crippen molar-refractivity contribution in [1.82, 2.24) is 57.0 Å². The number of carbonyl (C=O) groups excluding carboxylic acids is 11. The molecule has 0 unspecified atom stereocenters. The number of fused-ring (bicyclic) bond motifs is 5. The molecule has 1 saturated heterocycles. The van der Waals surface area contributed by atoms with Crippen molar-refractivity contribution in [3.63, 3.8) is 0 Å². The Labute approximate surface area is 540 Å². The molecule has 31 nitrogen and oxygen atoms in total. The summed E-state index contributed by atoms with van der Waals surface area (Å²) in [5.74, 6) is -8.42. The Morgan fingerprint density at radius 1 is 0.758 bits per heavy atom. The van der Waals surface area contributed by atoms with Gasteiger partial charge in [0.05, 0.1) is 61.3 Å². The Balaban J connectivity index is 0.734. The average Bonchev–Trinajstić information content (AvgIpc) is 1.62. The van der Waals surface area contributed by atoms with Gasteiger partial charge < -0.3 is 86.8 Å². The van der Waals surface area contributed by atoms with Crippen molar-refractivity contribution in [2.45, 2.75) is 139 Å². The molecule has 9 rings (SSSR count). The fourth-order valence-electron chi connectivity index (χ4n) is 12.0. The first-order valence-corrected chi connectivity index (χ1v) is 31.0. The van der Waals surface area contributed by atoms with E-state index in [-0.39, 0.29) is 75.0 Å². The first-order chi connectivity index (χ1) is 45.5. The Kier molecular flexibility index (Phi) is 23.0. The van der Waals surface area contributed by atoms with E-state index in [0.29, 0.717) is 64.7 Å². The van der Waals surface area contributed by atoms with Gasteiger partial charge in [-0.3, -0.25) is 57.6 Å². The van der Waals surface area contributed by atoms with Gasteiger partial charge in [0, 0.05) is 67.1 Å². The number of cyclic esters (lactones) is 1. The molecule has 0 saturated carbocycles. The van der Waals surface area contributed by atoms with Crippen molar-refractivity contribution in [2.24, 2.45) is 0 Å². The van der Waals surface area contributed by atoms with Gasteiger partial charge in [0.1, 0.15) is 68.4 Å². The minimum Gasteiger partial charge on any atom is -0.458 e. The highest BCUT2D eigenvalue weighted by Gasteiger charge is 2.47. The second-order valence-electron chi connectivity index (χ2n) is 23.5. The molecule has 1 fully saturated rings. The van der Waals surface area contributed by atoms with Crippen LogP contribution in [0.3, 0.4) is 0 Å². The maximum atomic E-state index is 15.0. The third-order valence-corrected chi connectivity index (χ3v) is 17.1. The number of imide groups is 1. The van der Waals surface area contributed by atoms with Gasteiger partial charge in [0.2, 0.25) is 47.3 Å². The van der Waals surface area contributed by atoms with E-state index in [2.05, 4.69) is 42.5 Å². The number of rotatable bonds is 30. The van der Waals surface area contributed by atoms with Crippen LogP contribution >= 0.6 is 0 Å². The van der Waals surface area contributed by atoms with E-state index >= 15 is 4.39 Å². The van der Waals surface area contributed by atoms with Gasteiger partial charge in [-0.25, -0.2) is 14.2 Å². The van der Waals surface area contributed by atoms with Gasteiger partial charge in [-0.2, -0.15) is 0 Å². The molecule has 0 bridgehead atoms. The predicted molar refractivity (Wildman–Crippen MR) is 326 cm³/mol. The zero-order valence-electron chi connectivity index (χ0n) is 51.6. The number of aromatic nitrogens is 2. The third kappa shape index (κ3) is 16.6. The van der Waals surface area contributed by atoms with Crippen LogP contribution in [0, 0.1) is 5.82 Å². The highest BCUT2D eigenvalue weighted by atomic mass is 19.1. The van der Waals surface area contributed by atoms with E-state index in [1.165, 1.54) is 22.8 Å². The number of unbranched alkanes of at least 4 members (excludes halogenated alkanes) is 2. The number of pyridine rings is 2. The number of esters is 1. The summed E-state index contributed by atoms with van der Waals surface area (Å²) in [6, 6.07) is 9.32. The van der Waals surface area contributed by atoms with Crippen molar-refractivity contribution >= 4 is 75.9 Å². The number of halogens is 1. The molecule has 10 amide bonds. The van der Waals surface area contributed by atoms with E-state index in [4.69, 9.17) is 19.2 Å². The second-order valence-corrected chi connectivity index (χ2v) is 23.5. The minimum absolute atomic E-state index is 0.0185. The molecule has 95 heavy (non-hydrogen) atoms. The Bertz CT molecular complexity index is 3740. The number of ether oxygens (including phenoxy) is 3. The van der Waals surface area contributed by atoms with Crippen LogP contribution in [-0.4, -0.2) is 200 Å². The molecule has 6 heterocycles. The van der Waals surface area contributed by atoms with Crippen LogP contribution in [0.25, 0.3) is 22.3 Å². The Hall–Kier alpha value is -9.44. The second kappa shape index (κ2) is 31.2. The van der Waals surface area contributed by atoms with Gasteiger partial charge in [-0.05, 0) is 67.3 Å². The van der Waals surface area contributed by atoms with Gasteiger partial charge in [-0.1, -0.05) is 43.7 Å². The number of benzene rings is 2. The molecule has 2 aromatic carbocycles. The highest BCUT2D eigenvalue weighted by Crippen LogP contribution is 2.45. The van der Waals surface area contributed by atoms with Crippen LogP contribution in [0.4, 0.5) is 4.39 Å². The molecular formula is C63H74FN11O20. The van der Waals surface area contributed by atoms with Gasteiger partial charge in [0.15, 0.2) is 5.60 Å². The molecule has 2 aromatic heterocycles. The minimum atomic E-state index is -2.08. The summed E-state index contributed by atoms with van der Waals surface area (Å²) >= 11 is 0. The molecule has 508 valence electrons. The van der Waals surface area contributed by atoms with Crippen molar-refractivity contribution in [1.29, 1.82) is 0 Å². The van der Waals surface area contributed by atoms with E-state index in [1.807, 2.05) is 0 Å². The average molecular weight is 1320 g/mol. The SMILES string of the molecule is CC[C@@]1(O)C(=O)OCc2c1cc1n(c2=O)Cc2c-1nc1cc(F)cc3c1c2[C@@H](NC(=O)COCNC(=O)CNC(=O)[C@H](Cc1ccccc1)NC(=O)CNC(=O)CNC(=O)[C@H](CCC(=O)NC[C@@H]1O[C@H](CO)[C@@H](O)[C@H](O)[C@H]1O)NC(=O)CCCCCN1C(=O)C=CC1=O)CC3. The van der Waals surface area contributed by atoms with Crippen LogP contribution in [0.1, 0.15) is 97.7 Å². The summed E-state index contributed by atoms with van der Waals surface area (Å²) in [6.45, 7) is -2.74. The standard InChI is InChI=1S/C63H74FN11O20/c1-2-63(92)37-22-42-55-35(27-75(42)61(90)36(37)29-94-62(63)91)54-38(13-12-33-20-34(64)21-40(73-55)53(33)54)70-50(82)30-93-31-69-48(80)25-68-60(89)41(19-32-9-5-3-6-10-32)72-49(81)26-66-47(79)24-67-59(88)39(71-46(78)11-7-4-8-18-74-51(83)16-17-52(74)84)14-15-45(77)65-23-43-56(85)58(87)57(86)44(28-76)95-43/h3,5-6,9-10,16-17,20-22,38-39,41,43-44,56-58,76,85-87,92H,2,4,7-8,11-15,18-19,23-31H2,1H3,(H,65,77)(H,66,79)(H,67,88)(H,68,89)(H,69,80)(H,70,82)(H,71,78)(H,72,81)/t38-,39-,41-,43-,44+,56-,57+,58+,63-/m0/s1. The number of nitrogens with one attached hydrogen (secondary N) is 8. The first-order valence-electron chi connectivity index (χ1n) is 31.0. The van der Waals surface area contributed by atoms with Gasteiger partial charge in [-0.15, -0.1) is 0 Å². The molecular weight excluding hydrogens is 1250 g/mol. The zero-order chi connectivity index (χ0) is 68.3. The van der Waals surface area contributed by atoms with E-state index < -0.39 is 177 Å². The Morgan fingerprint density at radius 2 is 1.44 bits per heavy atom. The maximum Gasteiger partial charge on any atom is 0.343 e. The monoisotopic (exact) mass is 1320 g/mol. The molecule has 9 atom stereocenters.